The van der Waals surface area contributed by atoms with Crippen molar-refractivity contribution in [2.24, 2.45) is 0 Å². The second kappa shape index (κ2) is 9.21. The van der Waals surface area contributed by atoms with Crippen molar-refractivity contribution in [3.05, 3.63) is 12.2 Å². The van der Waals surface area contributed by atoms with E-state index in [4.69, 9.17) is 4.74 Å². The molecular weight excluding hydrogens is 138 g/mol. The van der Waals surface area contributed by atoms with Crippen molar-refractivity contribution < 1.29 is 9.31 Å². The van der Waals surface area contributed by atoms with E-state index in [-0.39, 0.29) is 0 Å². The van der Waals surface area contributed by atoms with E-state index >= 15 is 0 Å². The van der Waals surface area contributed by atoms with Crippen molar-refractivity contribution in [1.29, 1.82) is 0 Å². The van der Waals surface area contributed by atoms with Gasteiger partial charge < -0.3 is 4.74 Å². The summed E-state index contributed by atoms with van der Waals surface area (Å²) in [6, 6.07) is 0. The van der Waals surface area contributed by atoms with Crippen LogP contribution in [0.1, 0.15) is 20.8 Å². The van der Waals surface area contributed by atoms with E-state index in [2.05, 4.69) is 0 Å². The van der Waals surface area contributed by atoms with Gasteiger partial charge in [0.15, 0.2) is 0 Å². The fraction of sp³-hybridized carbons (Fsp3) is 0.667. The maximum Gasteiger partial charge on any atom is 0.361 e. The zero-order valence-corrected chi connectivity index (χ0v) is 8.51. The molecule has 11 heavy (non-hydrogen) atoms. The number of nitrogens with zero attached hydrogens (tertiary/aromatic N) is 1. The molecule has 0 aliphatic carbocycles. The average molecular weight is 158 g/mol. The zero-order chi connectivity index (χ0) is 9.28. The van der Waals surface area contributed by atoms with Crippen molar-refractivity contribution in [2.75, 3.05) is 21.2 Å². The van der Waals surface area contributed by atoms with Crippen LogP contribution >= 0.6 is 0 Å². The van der Waals surface area contributed by atoms with Gasteiger partial charge in [-0.05, 0) is 6.92 Å². The Balaban J connectivity index is 0. The van der Waals surface area contributed by atoms with Crippen LogP contribution in [0.15, 0.2) is 12.2 Å². The molecule has 0 amide bonds. The van der Waals surface area contributed by atoms with E-state index in [1.165, 1.54) is 0 Å². The summed E-state index contributed by atoms with van der Waals surface area (Å²) >= 11 is 0. The Morgan fingerprint density at radius 3 is 1.82 bits per heavy atom. The second-order valence-corrected chi connectivity index (χ2v) is 1.94. The van der Waals surface area contributed by atoms with E-state index < -0.39 is 0 Å². The van der Waals surface area contributed by atoms with E-state index in [0.29, 0.717) is 0 Å². The average Bonchev–Trinajstić information content (AvgIpc) is 2.03. The molecule has 0 radical (unpaired) electrons. The lowest BCUT2D eigenvalue weighted by molar-refractivity contribution is -0.472. The minimum absolute atomic E-state index is 0.873. The molecule has 66 valence electrons. The minimum atomic E-state index is 0.873. The van der Waals surface area contributed by atoms with Gasteiger partial charge in [0, 0.05) is 6.08 Å². The lowest BCUT2D eigenvalue weighted by Crippen LogP contribution is -2.12. The highest BCUT2D eigenvalue weighted by Crippen LogP contribution is 1.79. The quantitative estimate of drug-likeness (QED) is 0.322. The standard InChI is InChI=1S/C7H14NO.C2H6/c1-5-6-7(9-4)8(2)3;1-2/h5-6H,1-4H3;1-2H3/q+1;/b6-5-;. The van der Waals surface area contributed by atoms with Crippen LogP contribution in [-0.2, 0) is 4.74 Å². The van der Waals surface area contributed by atoms with Crippen molar-refractivity contribution in [3.63, 3.8) is 0 Å². The van der Waals surface area contributed by atoms with Gasteiger partial charge in [-0.25, -0.2) is 4.58 Å². The summed E-state index contributed by atoms with van der Waals surface area (Å²) in [6.45, 7) is 5.96. The molecule has 0 aliphatic rings. The van der Waals surface area contributed by atoms with Crippen LogP contribution in [0.5, 0.6) is 0 Å². The lowest BCUT2D eigenvalue weighted by atomic mass is 10.5. The van der Waals surface area contributed by atoms with Crippen LogP contribution in [0.4, 0.5) is 0 Å². The molecule has 0 spiro atoms. The Hall–Kier alpha value is -0.790. The highest BCUT2D eigenvalue weighted by atomic mass is 16.5. The van der Waals surface area contributed by atoms with Crippen molar-refractivity contribution in [2.45, 2.75) is 20.8 Å². The van der Waals surface area contributed by atoms with Gasteiger partial charge in [-0.2, -0.15) is 0 Å². The van der Waals surface area contributed by atoms with Gasteiger partial charge in [0.2, 0.25) is 0 Å². The molecule has 0 aliphatic heterocycles. The number of hydrogen-bond acceptors (Lipinski definition) is 1. The summed E-state index contributed by atoms with van der Waals surface area (Å²) in [7, 11) is 5.55. The molecule has 0 heterocycles. The predicted octanol–water partition coefficient (Wildman–Crippen LogP) is 1.91. The van der Waals surface area contributed by atoms with Gasteiger partial charge in [0.05, 0.1) is 7.11 Å². The molecule has 0 unspecified atom stereocenters. The summed E-state index contributed by atoms with van der Waals surface area (Å²) in [5.74, 6) is 0.873. The topological polar surface area (TPSA) is 12.2 Å². The van der Waals surface area contributed by atoms with Crippen LogP contribution in [0.2, 0.25) is 0 Å². The summed E-state index contributed by atoms with van der Waals surface area (Å²) < 4.78 is 6.92. The molecule has 0 rings (SSSR count). The fourth-order valence-electron chi connectivity index (χ4n) is 0.542. The van der Waals surface area contributed by atoms with Crippen LogP contribution < -0.4 is 0 Å². The van der Waals surface area contributed by atoms with Crippen LogP contribution in [0.3, 0.4) is 0 Å². The van der Waals surface area contributed by atoms with E-state index in [9.17, 15) is 0 Å². The lowest BCUT2D eigenvalue weighted by Gasteiger charge is -1.93. The van der Waals surface area contributed by atoms with Crippen LogP contribution in [0, 0.1) is 0 Å². The zero-order valence-electron chi connectivity index (χ0n) is 8.51. The highest BCUT2D eigenvalue weighted by Gasteiger charge is 1.98. The Labute approximate surface area is 70.2 Å². The van der Waals surface area contributed by atoms with Crippen molar-refractivity contribution in [3.8, 4) is 0 Å². The first kappa shape index (κ1) is 12.8. The fourth-order valence-corrected chi connectivity index (χ4v) is 0.542. The third-order valence-electron chi connectivity index (χ3n) is 0.959. The molecule has 0 N–H and O–H groups in total. The molecule has 0 aromatic rings. The molecule has 0 saturated heterocycles. The Morgan fingerprint density at radius 1 is 1.27 bits per heavy atom. The van der Waals surface area contributed by atoms with Crippen molar-refractivity contribution >= 4 is 5.90 Å². The predicted molar refractivity (Wildman–Crippen MR) is 50.3 cm³/mol. The molecular formula is C9H20NO+. The van der Waals surface area contributed by atoms with Gasteiger partial charge in [-0.3, -0.25) is 0 Å². The van der Waals surface area contributed by atoms with Gasteiger partial charge in [0.25, 0.3) is 0 Å². The molecule has 2 heteroatoms. The first-order valence-electron chi connectivity index (χ1n) is 3.93. The number of hydrogen-bond donors (Lipinski definition) is 0. The van der Waals surface area contributed by atoms with Crippen LogP contribution in [0.25, 0.3) is 0 Å². The van der Waals surface area contributed by atoms with E-state index in [1.807, 2.05) is 51.6 Å². The SMILES string of the molecule is C/C=C\C(OC)=[N+](C)C.CC. The minimum Gasteiger partial charge on any atom is -0.448 e. The second-order valence-electron chi connectivity index (χ2n) is 1.94. The number of methoxy groups -OCH3 is 1. The van der Waals surface area contributed by atoms with Gasteiger partial charge in [-0.15, -0.1) is 0 Å². The molecule has 0 saturated carbocycles. The largest absolute Gasteiger partial charge is 0.448 e. The first-order valence-corrected chi connectivity index (χ1v) is 3.93. The Kier molecular flexibility index (Phi) is 10.8. The highest BCUT2D eigenvalue weighted by molar-refractivity contribution is 5.82. The maximum absolute atomic E-state index is 5.01. The molecule has 2 nitrogen and oxygen atoms in total. The molecule has 0 aromatic heterocycles. The Bertz CT molecular complexity index is 132. The van der Waals surface area contributed by atoms with Crippen LogP contribution in [-0.4, -0.2) is 31.7 Å². The third kappa shape index (κ3) is 7.10. The van der Waals surface area contributed by atoms with Crippen molar-refractivity contribution in [1.82, 2.24) is 0 Å². The van der Waals surface area contributed by atoms with Gasteiger partial charge in [-0.1, -0.05) is 19.9 Å². The van der Waals surface area contributed by atoms with E-state index in [1.54, 1.807) is 7.11 Å². The summed E-state index contributed by atoms with van der Waals surface area (Å²) in [6.07, 6.45) is 3.86. The molecule has 0 aromatic carbocycles. The van der Waals surface area contributed by atoms with Gasteiger partial charge in [0.1, 0.15) is 14.1 Å². The normalized spacial score (nSPS) is 8.55. The first-order chi connectivity index (χ1) is 5.22. The van der Waals surface area contributed by atoms with Gasteiger partial charge >= 0.3 is 5.90 Å². The molecule has 0 fully saturated rings. The summed E-state index contributed by atoms with van der Waals surface area (Å²) in [5, 5.41) is 0. The number of ether oxygens (including phenoxy) is 1. The monoisotopic (exact) mass is 158 g/mol. The summed E-state index contributed by atoms with van der Waals surface area (Å²) in [4.78, 5) is 0. The molecule has 0 bridgehead atoms. The number of allylic oxidation sites excluding steroid dienone is 1. The van der Waals surface area contributed by atoms with E-state index in [0.717, 1.165) is 5.90 Å². The molecule has 0 atom stereocenters. The summed E-state index contributed by atoms with van der Waals surface area (Å²) in [5.41, 5.74) is 0. The Morgan fingerprint density at radius 2 is 1.73 bits per heavy atom. The third-order valence-corrected chi connectivity index (χ3v) is 0.959. The smallest absolute Gasteiger partial charge is 0.361 e. The number of rotatable bonds is 1. The maximum atomic E-state index is 5.01.